The highest BCUT2D eigenvalue weighted by molar-refractivity contribution is 9.10. The lowest BCUT2D eigenvalue weighted by molar-refractivity contribution is 0.0587. The number of hydrogen-bond acceptors (Lipinski definition) is 2. The van der Waals surface area contributed by atoms with Crippen LogP contribution in [-0.2, 0) is 25.8 Å². The van der Waals surface area contributed by atoms with Gasteiger partial charge in [-0.25, -0.2) is 0 Å². The van der Waals surface area contributed by atoms with Crippen LogP contribution in [0.5, 0.6) is 0 Å². The lowest BCUT2D eigenvalue weighted by Gasteiger charge is -2.23. The zero-order valence-corrected chi connectivity index (χ0v) is 14.5. The first-order chi connectivity index (χ1) is 9.93. The van der Waals surface area contributed by atoms with Gasteiger partial charge in [0.05, 0.1) is 11.3 Å². The maximum atomic E-state index is 10.7. The van der Waals surface area contributed by atoms with Gasteiger partial charge < -0.3 is 5.11 Å². The van der Waals surface area contributed by atoms with Crippen molar-refractivity contribution in [2.45, 2.75) is 52.2 Å². The summed E-state index contributed by atoms with van der Waals surface area (Å²) in [6.45, 7) is 6.92. The highest BCUT2D eigenvalue weighted by Gasteiger charge is 2.24. The Balaban J connectivity index is 2.12. The minimum atomic E-state index is -0.772. The number of benzene rings is 1. The van der Waals surface area contributed by atoms with Crippen LogP contribution >= 0.6 is 15.9 Å². The van der Waals surface area contributed by atoms with Crippen LogP contribution in [0, 0.1) is 0 Å². The van der Waals surface area contributed by atoms with E-state index in [0.29, 0.717) is 12.8 Å². The number of halogens is 1. The topological polar surface area (TPSA) is 38.0 Å². The van der Waals surface area contributed by atoms with Gasteiger partial charge >= 0.3 is 0 Å². The lowest BCUT2D eigenvalue weighted by Crippen LogP contribution is -2.31. The Morgan fingerprint density at radius 3 is 2.43 bits per heavy atom. The van der Waals surface area contributed by atoms with E-state index in [4.69, 9.17) is 0 Å². The third kappa shape index (κ3) is 4.42. The van der Waals surface area contributed by atoms with Crippen LogP contribution in [0.3, 0.4) is 0 Å². The van der Waals surface area contributed by atoms with Gasteiger partial charge in [0, 0.05) is 29.6 Å². The van der Waals surface area contributed by atoms with Gasteiger partial charge in [-0.2, -0.15) is 5.10 Å². The summed E-state index contributed by atoms with van der Waals surface area (Å²) in [7, 11) is 0. The molecule has 1 N–H and O–H groups in total. The van der Waals surface area contributed by atoms with Gasteiger partial charge in [0.2, 0.25) is 0 Å². The number of nitrogens with zero attached hydrogens (tertiary/aromatic N) is 2. The monoisotopic (exact) mass is 350 g/mol. The smallest absolute Gasteiger partial charge is 0.0715 e. The number of aliphatic hydroxyl groups is 1. The number of rotatable bonds is 6. The summed E-state index contributed by atoms with van der Waals surface area (Å²) in [5, 5.41) is 15.3. The summed E-state index contributed by atoms with van der Waals surface area (Å²) < 4.78 is 3.05. The average Bonchev–Trinajstić information content (AvgIpc) is 2.82. The van der Waals surface area contributed by atoms with Gasteiger partial charge in [-0.1, -0.05) is 35.0 Å². The van der Waals surface area contributed by atoms with E-state index in [2.05, 4.69) is 40.9 Å². The first-order valence-electron chi connectivity index (χ1n) is 7.46. The van der Waals surface area contributed by atoms with Crippen molar-refractivity contribution in [3.05, 3.63) is 51.8 Å². The predicted molar refractivity (Wildman–Crippen MR) is 89.5 cm³/mol. The maximum Gasteiger partial charge on any atom is 0.0715 e. The van der Waals surface area contributed by atoms with Gasteiger partial charge in [0.1, 0.15) is 0 Å². The van der Waals surface area contributed by atoms with Gasteiger partial charge in [-0.05, 0) is 44.0 Å². The zero-order valence-electron chi connectivity index (χ0n) is 12.9. The molecule has 2 aromatic rings. The van der Waals surface area contributed by atoms with Gasteiger partial charge in [-0.15, -0.1) is 0 Å². The lowest BCUT2D eigenvalue weighted by atomic mass is 9.91. The van der Waals surface area contributed by atoms with Crippen molar-refractivity contribution < 1.29 is 5.11 Å². The summed E-state index contributed by atoms with van der Waals surface area (Å²) >= 11 is 3.43. The maximum absolute atomic E-state index is 10.7. The van der Waals surface area contributed by atoms with Crippen molar-refractivity contribution in [3.63, 3.8) is 0 Å². The second kappa shape index (κ2) is 6.75. The minimum absolute atomic E-state index is 0.615. The van der Waals surface area contributed by atoms with Crippen LogP contribution in [0.15, 0.2) is 34.8 Å². The fourth-order valence-electron chi connectivity index (χ4n) is 2.60. The quantitative estimate of drug-likeness (QED) is 0.861. The molecule has 0 aliphatic carbocycles. The van der Waals surface area contributed by atoms with Gasteiger partial charge in [0.15, 0.2) is 0 Å². The largest absolute Gasteiger partial charge is 0.389 e. The molecule has 21 heavy (non-hydrogen) atoms. The van der Waals surface area contributed by atoms with E-state index >= 15 is 0 Å². The Bertz CT molecular complexity index is 587. The normalized spacial score (nSPS) is 14.1. The second-order valence-corrected chi connectivity index (χ2v) is 6.69. The van der Waals surface area contributed by atoms with E-state index < -0.39 is 5.60 Å². The molecular formula is C17H23BrN2O. The Labute approximate surface area is 135 Å². The van der Waals surface area contributed by atoms with Crippen molar-refractivity contribution in [2.24, 2.45) is 0 Å². The zero-order chi connectivity index (χ0) is 15.5. The molecule has 1 aromatic heterocycles. The van der Waals surface area contributed by atoms with Crippen LogP contribution in [-0.4, -0.2) is 20.5 Å². The molecule has 1 atom stereocenters. The van der Waals surface area contributed by atoms with Crippen molar-refractivity contribution in [1.29, 1.82) is 0 Å². The first-order valence-corrected chi connectivity index (χ1v) is 8.25. The first kappa shape index (κ1) is 16.2. The molecule has 0 saturated heterocycles. The summed E-state index contributed by atoms with van der Waals surface area (Å²) in [6, 6.07) is 10.2. The van der Waals surface area contributed by atoms with Crippen molar-refractivity contribution >= 4 is 15.9 Å². The molecule has 0 saturated carbocycles. The Morgan fingerprint density at radius 2 is 1.86 bits per heavy atom. The molecule has 0 aliphatic heterocycles. The highest BCUT2D eigenvalue weighted by atomic mass is 79.9. The Kier molecular flexibility index (Phi) is 5.22. The van der Waals surface area contributed by atoms with Crippen molar-refractivity contribution in [2.75, 3.05) is 0 Å². The molecular weight excluding hydrogens is 328 g/mol. The molecule has 1 aromatic carbocycles. The highest BCUT2D eigenvalue weighted by Crippen LogP contribution is 2.21. The van der Waals surface area contributed by atoms with Gasteiger partial charge in [0.25, 0.3) is 0 Å². The van der Waals surface area contributed by atoms with E-state index in [1.807, 2.05) is 35.9 Å². The second-order valence-electron chi connectivity index (χ2n) is 5.77. The van der Waals surface area contributed by atoms with Crippen LogP contribution in [0.4, 0.5) is 0 Å². The number of hydrogen-bond donors (Lipinski definition) is 1. The standard InChI is InChI=1S/C17H23BrN2O/c1-4-15-10-16(20(5-2)19-15)12-17(3,21)11-13-6-8-14(18)9-7-13/h6-10,21H,4-5,11-12H2,1-3H3. The fourth-order valence-corrected chi connectivity index (χ4v) is 2.86. The third-order valence-corrected chi connectivity index (χ3v) is 4.16. The molecule has 0 spiro atoms. The summed E-state index contributed by atoms with van der Waals surface area (Å²) in [5.41, 5.74) is 2.57. The average molecular weight is 351 g/mol. The van der Waals surface area contributed by atoms with Gasteiger partial charge in [-0.3, -0.25) is 4.68 Å². The molecule has 2 rings (SSSR count). The number of aromatic nitrogens is 2. The molecule has 0 radical (unpaired) electrons. The van der Waals surface area contributed by atoms with Crippen molar-refractivity contribution in [1.82, 2.24) is 9.78 Å². The van der Waals surface area contributed by atoms with E-state index in [1.54, 1.807) is 0 Å². The molecule has 0 amide bonds. The van der Waals surface area contributed by atoms with Crippen LogP contribution in [0.2, 0.25) is 0 Å². The predicted octanol–water partition coefficient (Wildman–Crippen LogP) is 3.76. The molecule has 4 heteroatoms. The van der Waals surface area contributed by atoms with E-state index in [-0.39, 0.29) is 0 Å². The summed E-state index contributed by atoms with van der Waals surface area (Å²) in [6.07, 6.45) is 2.18. The Hall–Kier alpha value is -1.13. The van der Waals surface area contributed by atoms with Crippen LogP contribution in [0.25, 0.3) is 0 Å². The van der Waals surface area contributed by atoms with Crippen LogP contribution in [0.1, 0.15) is 37.7 Å². The Morgan fingerprint density at radius 1 is 1.19 bits per heavy atom. The minimum Gasteiger partial charge on any atom is -0.389 e. The third-order valence-electron chi connectivity index (χ3n) is 3.64. The van der Waals surface area contributed by atoms with E-state index in [1.165, 1.54) is 0 Å². The SMILES string of the molecule is CCc1cc(CC(C)(O)Cc2ccc(Br)cc2)n(CC)n1. The fraction of sp³-hybridized carbons (Fsp3) is 0.471. The van der Waals surface area contributed by atoms with E-state index in [9.17, 15) is 5.11 Å². The molecule has 1 heterocycles. The number of aryl methyl sites for hydroxylation is 2. The van der Waals surface area contributed by atoms with Crippen molar-refractivity contribution in [3.8, 4) is 0 Å². The molecule has 1 unspecified atom stereocenters. The molecule has 0 aliphatic rings. The summed E-state index contributed by atoms with van der Waals surface area (Å²) in [5.74, 6) is 0. The van der Waals surface area contributed by atoms with Crippen LogP contribution < -0.4 is 0 Å². The molecule has 114 valence electrons. The molecule has 0 fully saturated rings. The molecule has 0 bridgehead atoms. The molecule has 3 nitrogen and oxygen atoms in total. The summed E-state index contributed by atoms with van der Waals surface area (Å²) in [4.78, 5) is 0. The van der Waals surface area contributed by atoms with E-state index in [0.717, 1.165) is 34.4 Å².